The van der Waals surface area contributed by atoms with E-state index in [-0.39, 0.29) is 10.8 Å². The summed E-state index contributed by atoms with van der Waals surface area (Å²) in [5, 5.41) is 9.83. The number of hydrogen-bond donors (Lipinski definition) is 1. The van der Waals surface area contributed by atoms with Gasteiger partial charge in [0.2, 0.25) is 6.29 Å². The summed E-state index contributed by atoms with van der Waals surface area (Å²) in [4.78, 5) is 22.8. The molecule has 1 aliphatic heterocycles. The minimum atomic E-state index is -1.08. The van der Waals surface area contributed by atoms with Gasteiger partial charge in [-0.05, 0) is 67.3 Å². The number of carbonyl (C=O) groups excluding carboxylic acids is 2. The summed E-state index contributed by atoms with van der Waals surface area (Å²) in [6.07, 6.45) is 6.07. The molecule has 0 aromatic carbocycles. The minimum absolute atomic E-state index is 0.0746. The quantitative estimate of drug-likeness (QED) is 0.632. The van der Waals surface area contributed by atoms with Crippen LogP contribution in [0.15, 0.2) is 22.8 Å². The third-order valence-electron chi connectivity index (χ3n) is 7.49. The fraction of sp³-hybridized carbons (Fsp3) is 0.700. The number of carbonyl (C=O) groups is 2. The summed E-state index contributed by atoms with van der Waals surface area (Å²) in [5.41, 5.74) is 3.08. The molecule has 1 unspecified atom stereocenters. The number of ether oxygens (including phenoxy) is 1. The van der Waals surface area contributed by atoms with E-state index in [4.69, 9.17) is 4.74 Å². The standard InChI is InChI=1S/C20H28O4/c1-12-5-7-20(4)13(2)15(11-21)9-16(20)19(12,3)8-6-14-10-17(22)24-18(14)23/h10-12,16,18,23H,5-9H2,1-4H3/t12-,16-,18?,19+,20+/m1/s1. The van der Waals surface area contributed by atoms with Crippen molar-refractivity contribution in [2.24, 2.45) is 22.7 Å². The Balaban J connectivity index is 1.84. The number of hydrogen-bond acceptors (Lipinski definition) is 4. The first-order valence-electron chi connectivity index (χ1n) is 8.97. The van der Waals surface area contributed by atoms with Crippen molar-refractivity contribution in [1.29, 1.82) is 0 Å². The van der Waals surface area contributed by atoms with E-state index in [0.717, 1.165) is 37.5 Å². The van der Waals surface area contributed by atoms with Crippen molar-refractivity contribution >= 4 is 12.3 Å². The molecule has 0 amide bonds. The topological polar surface area (TPSA) is 63.6 Å². The summed E-state index contributed by atoms with van der Waals surface area (Å²) in [7, 11) is 0. The summed E-state index contributed by atoms with van der Waals surface area (Å²) in [6.45, 7) is 9.06. The van der Waals surface area contributed by atoms with Crippen molar-refractivity contribution < 1.29 is 19.4 Å². The first-order chi connectivity index (χ1) is 11.2. The van der Waals surface area contributed by atoms with Crippen molar-refractivity contribution in [2.45, 2.75) is 66.1 Å². The lowest BCUT2D eigenvalue weighted by molar-refractivity contribution is -0.151. The molecule has 3 rings (SSSR count). The second-order valence-electron chi connectivity index (χ2n) is 8.40. The fourth-order valence-electron chi connectivity index (χ4n) is 5.35. The van der Waals surface area contributed by atoms with Gasteiger partial charge in [0.25, 0.3) is 0 Å². The Hall–Kier alpha value is -1.42. The van der Waals surface area contributed by atoms with Crippen LogP contribution in [0.2, 0.25) is 0 Å². The van der Waals surface area contributed by atoms with Crippen LogP contribution in [0.1, 0.15) is 59.8 Å². The van der Waals surface area contributed by atoms with Crippen LogP contribution in [0.5, 0.6) is 0 Å². The Labute approximate surface area is 144 Å². The average molecular weight is 332 g/mol. The maximum Gasteiger partial charge on any atom is 0.333 e. The number of cyclic esters (lactones) is 1. The van der Waals surface area contributed by atoms with Gasteiger partial charge in [-0.2, -0.15) is 0 Å². The smallest absolute Gasteiger partial charge is 0.333 e. The Bertz CT molecular complexity index is 632. The van der Waals surface area contributed by atoms with Crippen molar-refractivity contribution in [3.05, 3.63) is 22.8 Å². The van der Waals surface area contributed by atoms with Gasteiger partial charge in [0.05, 0.1) is 0 Å². The van der Waals surface area contributed by atoms with E-state index in [2.05, 4.69) is 27.7 Å². The lowest BCUT2D eigenvalue weighted by atomic mass is 9.50. The number of esters is 1. The highest BCUT2D eigenvalue weighted by Crippen LogP contribution is 2.64. The Morgan fingerprint density at radius 3 is 2.71 bits per heavy atom. The molecule has 4 nitrogen and oxygen atoms in total. The number of fused-ring (bicyclic) bond motifs is 1. The van der Waals surface area contributed by atoms with Crippen molar-refractivity contribution in [2.75, 3.05) is 0 Å². The number of aliphatic hydroxyl groups is 1. The molecule has 5 atom stereocenters. The van der Waals surface area contributed by atoms with Gasteiger partial charge in [-0.1, -0.05) is 26.3 Å². The molecule has 1 N–H and O–H groups in total. The second-order valence-corrected chi connectivity index (χ2v) is 8.40. The number of allylic oxidation sites excluding steroid dienone is 2. The van der Waals surface area contributed by atoms with Gasteiger partial charge in [0, 0.05) is 11.6 Å². The fourth-order valence-corrected chi connectivity index (χ4v) is 5.35. The zero-order valence-electron chi connectivity index (χ0n) is 15.1. The van der Waals surface area contributed by atoms with Gasteiger partial charge < -0.3 is 9.84 Å². The van der Waals surface area contributed by atoms with Crippen LogP contribution in [-0.4, -0.2) is 23.7 Å². The molecule has 24 heavy (non-hydrogen) atoms. The number of rotatable bonds is 4. The van der Waals surface area contributed by atoms with Crippen LogP contribution in [0.25, 0.3) is 0 Å². The van der Waals surface area contributed by atoms with E-state index < -0.39 is 12.3 Å². The molecule has 1 fully saturated rings. The molecule has 132 valence electrons. The molecule has 0 saturated heterocycles. The molecule has 0 radical (unpaired) electrons. The Morgan fingerprint density at radius 2 is 2.12 bits per heavy atom. The molecular weight excluding hydrogens is 304 g/mol. The molecule has 0 spiro atoms. The van der Waals surface area contributed by atoms with Gasteiger partial charge in [-0.25, -0.2) is 4.79 Å². The maximum atomic E-state index is 11.5. The van der Waals surface area contributed by atoms with Crippen LogP contribution in [-0.2, 0) is 14.3 Å². The van der Waals surface area contributed by atoms with E-state index in [0.29, 0.717) is 23.8 Å². The van der Waals surface area contributed by atoms with Crippen LogP contribution in [0.3, 0.4) is 0 Å². The Kier molecular flexibility index (Phi) is 4.23. The largest absolute Gasteiger partial charge is 0.429 e. The third kappa shape index (κ3) is 2.46. The molecule has 2 aliphatic carbocycles. The first kappa shape index (κ1) is 17.4. The molecule has 1 heterocycles. The lowest BCUT2D eigenvalue weighted by Crippen LogP contribution is -2.46. The molecule has 4 heteroatoms. The molecule has 0 aromatic heterocycles. The van der Waals surface area contributed by atoms with Gasteiger partial charge in [0.1, 0.15) is 6.29 Å². The Morgan fingerprint density at radius 1 is 1.42 bits per heavy atom. The maximum absolute atomic E-state index is 11.5. The van der Waals surface area contributed by atoms with Crippen LogP contribution >= 0.6 is 0 Å². The summed E-state index contributed by atoms with van der Waals surface area (Å²) < 4.78 is 4.80. The summed E-state index contributed by atoms with van der Waals surface area (Å²) in [6, 6.07) is 0. The lowest BCUT2D eigenvalue weighted by Gasteiger charge is -2.54. The van der Waals surface area contributed by atoms with Crippen LogP contribution in [0.4, 0.5) is 0 Å². The molecule has 1 saturated carbocycles. The van der Waals surface area contributed by atoms with Crippen molar-refractivity contribution in [3.63, 3.8) is 0 Å². The van der Waals surface area contributed by atoms with Crippen LogP contribution < -0.4 is 0 Å². The molecular formula is C20H28O4. The van der Waals surface area contributed by atoms with Gasteiger partial charge in [0.15, 0.2) is 0 Å². The molecule has 3 aliphatic rings. The SMILES string of the molecule is CC1=C(C=O)C[C@@H]2[C@@](C)(CCC3=CC(=O)OC3O)[C@H](C)CC[C@@]12C. The van der Waals surface area contributed by atoms with Crippen LogP contribution in [0, 0.1) is 22.7 Å². The van der Waals surface area contributed by atoms with Gasteiger partial charge in [-0.3, -0.25) is 4.79 Å². The minimum Gasteiger partial charge on any atom is -0.429 e. The second kappa shape index (κ2) is 5.83. The van der Waals surface area contributed by atoms with E-state index in [1.54, 1.807) is 0 Å². The average Bonchev–Trinajstić information content (AvgIpc) is 3.00. The normalized spacial score (nSPS) is 42.0. The first-order valence-corrected chi connectivity index (χ1v) is 8.97. The van der Waals surface area contributed by atoms with E-state index in [9.17, 15) is 14.7 Å². The van der Waals surface area contributed by atoms with Crippen molar-refractivity contribution in [3.8, 4) is 0 Å². The highest BCUT2D eigenvalue weighted by Gasteiger charge is 2.55. The molecule has 0 bridgehead atoms. The van der Waals surface area contributed by atoms with E-state index in [1.165, 1.54) is 11.6 Å². The predicted molar refractivity (Wildman–Crippen MR) is 90.9 cm³/mol. The zero-order valence-corrected chi connectivity index (χ0v) is 15.1. The monoisotopic (exact) mass is 332 g/mol. The number of aliphatic hydroxyl groups excluding tert-OH is 1. The third-order valence-corrected chi connectivity index (χ3v) is 7.49. The van der Waals surface area contributed by atoms with Gasteiger partial charge in [-0.15, -0.1) is 0 Å². The highest BCUT2D eigenvalue weighted by atomic mass is 16.6. The summed E-state index contributed by atoms with van der Waals surface area (Å²) in [5.74, 6) is 0.528. The molecule has 0 aromatic rings. The predicted octanol–water partition coefficient (Wildman–Crippen LogP) is 3.55. The number of aldehydes is 1. The van der Waals surface area contributed by atoms with E-state index in [1.807, 2.05) is 0 Å². The van der Waals surface area contributed by atoms with Gasteiger partial charge >= 0.3 is 5.97 Å². The highest BCUT2D eigenvalue weighted by molar-refractivity contribution is 5.85. The van der Waals surface area contributed by atoms with Crippen molar-refractivity contribution in [1.82, 2.24) is 0 Å². The van der Waals surface area contributed by atoms with E-state index >= 15 is 0 Å². The zero-order chi connectivity index (χ0) is 17.7. The summed E-state index contributed by atoms with van der Waals surface area (Å²) >= 11 is 0.